The number of nitrogens with one attached hydrogen (secondary N) is 3. The Morgan fingerprint density at radius 1 is 1.35 bits per heavy atom. The first-order valence-corrected chi connectivity index (χ1v) is 4.97. The zero-order chi connectivity index (χ0) is 15.9. The summed E-state index contributed by atoms with van der Waals surface area (Å²) in [7, 11) is 1.44. The summed E-state index contributed by atoms with van der Waals surface area (Å²) in [5, 5.41) is 23.2. The first-order chi connectivity index (χ1) is 9.13. The maximum absolute atomic E-state index is 10.5. The summed E-state index contributed by atoms with van der Waals surface area (Å²) in [4.78, 5) is 45.9. The normalized spacial score (nSPS) is 9.05. The molecule has 0 aliphatic rings. The number of likely N-dealkylation sites (N-methyl/N-ethyl adjacent to an activating group) is 1. The average Bonchev–Trinajstić information content (AvgIpc) is 2.27. The molecule has 0 unspecified atom stereocenters. The second kappa shape index (κ2) is 7.35. The predicted molar refractivity (Wildman–Crippen MR) is 66.8 cm³/mol. The molecule has 0 saturated carbocycles. The fourth-order valence-corrected chi connectivity index (χ4v) is 0.872. The lowest BCUT2D eigenvalue weighted by Crippen LogP contribution is -2.36. The van der Waals surface area contributed by atoms with Crippen LogP contribution in [0.15, 0.2) is 15.7 Å². The van der Waals surface area contributed by atoms with Crippen molar-refractivity contribution in [1.82, 2.24) is 14.9 Å². The number of guanidine groups is 1. The largest absolute Gasteiger partial charge is 0.480 e. The summed E-state index contributed by atoms with van der Waals surface area (Å²) >= 11 is 0. The molecule has 11 nitrogen and oxygen atoms in total. The van der Waals surface area contributed by atoms with Crippen LogP contribution in [0.5, 0.6) is 0 Å². The second-order valence-corrected chi connectivity index (χ2v) is 3.44. The van der Waals surface area contributed by atoms with E-state index >= 15 is 0 Å². The Labute approximate surface area is 111 Å². The van der Waals surface area contributed by atoms with Crippen LogP contribution in [0.1, 0.15) is 10.5 Å². The van der Waals surface area contributed by atoms with Gasteiger partial charge in [0.25, 0.3) is 5.56 Å². The monoisotopic (exact) mass is 287 g/mol. The molecule has 1 heterocycles. The molecule has 0 atom stereocenters. The van der Waals surface area contributed by atoms with Gasteiger partial charge in [-0.25, -0.2) is 9.59 Å². The van der Waals surface area contributed by atoms with Crippen molar-refractivity contribution in [3.05, 3.63) is 32.6 Å². The number of H-pyrrole nitrogens is 2. The van der Waals surface area contributed by atoms with Crippen LogP contribution in [-0.2, 0) is 4.79 Å². The van der Waals surface area contributed by atoms with E-state index in [4.69, 9.17) is 21.4 Å². The van der Waals surface area contributed by atoms with Crippen LogP contribution in [0, 0.1) is 5.41 Å². The van der Waals surface area contributed by atoms with Crippen LogP contribution in [0.25, 0.3) is 0 Å². The van der Waals surface area contributed by atoms with E-state index in [0.717, 1.165) is 11.0 Å². The first-order valence-electron chi connectivity index (χ1n) is 4.97. The van der Waals surface area contributed by atoms with Gasteiger partial charge < -0.3 is 25.8 Å². The maximum Gasteiger partial charge on any atom is 0.352 e. The first kappa shape index (κ1) is 16.9. The van der Waals surface area contributed by atoms with Crippen molar-refractivity contribution in [2.75, 3.05) is 13.6 Å². The third-order valence-corrected chi connectivity index (χ3v) is 1.77. The molecule has 0 bridgehead atoms. The van der Waals surface area contributed by atoms with Gasteiger partial charge in [-0.05, 0) is 0 Å². The molecule has 0 aliphatic heterocycles. The van der Waals surface area contributed by atoms with Crippen molar-refractivity contribution in [2.24, 2.45) is 5.73 Å². The lowest BCUT2D eigenvalue weighted by atomic mass is 10.4. The molecule has 11 heteroatoms. The van der Waals surface area contributed by atoms with E-state index in [1.165, 1.54) is 7.05 Å². The van der Waals surface area contributed by atoms with E-state index in [-0.39, 0.29) is 12.5 Å². The Bertz CT molecular complexity index is 589. The van der Waals surface area contributed by atoms with Crippen molar-refractivity contribution in [3.63, 3.8) is 0 Å². The molecule has 0 radical (unpaired) electrons. The molecule has 0 spiro atoms. The third kappa shape index (κ3) is 6.58. The van der Waals surface area contributed by atoms with E-state index in [0.29, 0.717) is 0 Å². The molecular formula is C9H13N5O6. The minimum absolute atomic E-state index is 0.227. The standard InChI is InChI=1S/C5H4N2O4.C4H9N3O2/c8-3-1-2(4(9)10)6-5(11)7-3;1-7(4(5)6)2-3(8)9/h1H,(H,9,10)(H2,6,7,8,11);2H2,1H3,(H3,5,6)(H,8,9). The number of nitrogens with two attached hydrogens (primary N) is 1. The number of aromatic carboxylic acids is 1. The van der Waals surface area contributed by atoms with Gasteiger partial charge >= 0.3 is 17.6 Å². The number of rotatable bonds is 3. The molecule has 0 aliphatic carbocycles. The smallest absolute Gasteiger partial charge is 0.352 e. The van der Waals surface area contributed by atoms with Crippen molar-refractivity contribution in [3.8, 4) is 0 Å². The molecule has 0 saturated heterocycles. The summed E-state index contributed by atoms with van der Waals surface area (Å²) in [5.74, 6) is -2.57. The predicted octanol–water partition coefficient (Wildman–Crippen LogP) is -2.34. The molecule has 7 N–H and O–H groups in total. The van der Waals surface area contributed by atoms with Crippen molar-refractivity contribution in [2.45, 2.75) is 0 Å². The average molecular weight is 287 g/mol. The minimum Gasteiger partial charge on any atom is -0.480 e. The van der Waals surface area contributed by atoms with Crippen LogP contribution < -0.4 is 17.0 Å². The summed E-state index contributed by atoms with van der Waals surface area (Å²) in [6.07, 6.45) is 0. The minimum atomic E-state index is -1.34. The second-order valence-electron chi connectivity index (χ2n) is 3.44. The zero-order valence-corrected chi connectivity index (χ0v) is 10.3. The molecule has 1 aromatic rings. The number of carbonyl (C=O) groups is 2. The van der Waals surface area contributed by atoms with Gasteiger partial charge in [0.2, 0.25) is 0 Å². The van der Waals surface area contributed by atoms with Crippen LogP contribution in [0.3, 0.4) is 0 Å². The fraction of sp³-hybridized carbons (Fsp3) is 0.222. The molecule has 20 heavy (non-hydrogen) atoms. The Kier molecular flexibility index (Phi) is 6.21. The van der Waals surface area contributed by atoms with Gasteiger partial charge in [-0.3, -0.25) is 20.0 Å². The van der Waals surface area contributed by atoms with Gasteiger partial charge in [-0.2, -0.15) is 0 Å². The third-order valence-electron chi connectivity index (χ3n) is 1.77. The van der Waals surface area contributed by atoms with Crippen LogP contribution in [-0.4, -0.2) is 56.6 Å². The Hall–Kier alpha value is -3.11. The summed E-state index contributed by atoms with van der Waals surface area (Å²) in [6.45, 7) is -0.227. The molecular weight excluding hydrogens is 274 g/mol. The van der Waals surface area contributed by atoms with E-state index < -0.39 is 28.9 Å². The summed E-state index contributed by atoms with van der Waals surface area (Å²) in [6, 6.07) is 0.795. The van der Waals surface area contributed by atoms with Gasteiger partial charge in [0.15, 0.2) is 5.96 Å². The van der Waals surface area contributed by atoms with E-state index in [1.54, 1.807) is 0 Å². The van der Waals surface area contributed by atoms with Crippen molar-refractivity contribution < 1.29 is 19.8 Å². The Morgan fingerprint density at radius 2 is 1.90 bits per heavy atom. The van der Waals surface area contributed by atoms with Gasteiger partial charge in [0.05, 0.1) is 0 Å². The molecule has 1 rings (SSSR count). The summed E-state index contributed by atoms with van der Waals surface area (Å²) in [5.41, 5.74) is 2.96. The van der Waals surface area contributed by atoms with Gasteiger partial charge in [-0.1, -0.05) is 0 Å². The number of aromatic nitrogens is 2. The van der Waals surface area contributed by atoms with E-state index in [2.05, 4.69) is 0 Å². The number of hydrogen-bond acceptors (Lipinski definition) is 5. The van der Waals surface area contributed by atoms with Crippen LogP contribution in [0.2, 0.25) is 0 Å². The molecule has 0 fully saturated rings. The highest BCUT2D eigenvalue weighted by atomic mass is 16.4. The van der Waals surface area contributed by atoms with Crippen molar-refractivity contribution in [1.29, 1.82) is 5.41 Å². The molecule has 1 aromatic heterocycles. The molecule has 0 amide bonds. The van der Waals surface area contributed by atoms with Gasteiger partial charge in [0, 0.05) is 13.1 Å². The highest BCUT2D eigenvalue weighted by Crippen LogP contribution is 1.81. The highest BCUT2D eigenvalue weighted by Gasteiger charge is 2.03. The Balaban J connectivity index is 0.000000370. The van der Waals surface area contributed by atoms with E-state index in [9.17, 15) is 19.2 Å². The number of aromatic amines is 2. The van der Waals surface area contributed by atoms with Crippen LogP contribution >= 0.6 is 0 Å². The number of hydrogen-bond donors (Lipinski definition) is 6. The molecule has 110 valence electrons. The number of aliphatic carboxylic acids is 1. The topological polar surface area (TPSA) is 193 Å². The highest BCUT2D eigenvalue weighted by molar-refractivity contribution is 5.84. The van der Waals surface area contributed by atoms with E-state index in [1.807, 2.05) is 9.97 Å². The Morgan fingerprint density at radius 3 is 2.20 bits per heavy atom. The van der Waals surface area contributed by atoms with Gasteiger partial charge in [-0.15, -0.1) is 0 Å². The fourth-order valence-electron chi connectivity index (χ4n) is 0.872. The SMILES string of the molecule is CN(CC(=O)O)C(=N)N.O=C(O)c1cc(=O)[nH]c(=O)[nH]1. The number of carboxylic acid groups (broad SMARTS) is 2. The molecule has 0 aromatic carbocycles. The van der Waals surface area contributed by atoms with Crippen LogP contribution in [0.4, 0.5) is 0 Å². The number of nitrogens with zero attached hydrogens (tertiary/aromatic N) is 1. The maximum atomic E-state index is 10.5. The summed E-state index contributed by atoms with van der Waals surface area (Å²) < 4.78 is 0. The zero-order valence-electron chi connectivity index (χ0n) is 10.3. The van der Waals surface area contributed by atoms with Crippen molar-refractivity contribution >= 4 is 17.9 Å². The van der Waals surface area contributed by atoms with Gasteiger partial charge in [0.1, 0.15) is 12.2 Å². The quantitative estimate of drug-likeness (QED) is 0.262. The number of carboxylic acids is 2. The lowest BCUT2D eigenvalue weighted by molar-refractivity contribution is -0.137. The lowest BCUT2D eigenvalue weighted by Gasteiger charge is -2.12.